The molecule has 2 aliphatic rings. The summed E-state index contributed by atoms with van der Waals surface area (Å²) in [6.45, 7) is 0.741. The number of amides is 2. The molecule has 4 aromatic rings. The van der Waals surface area contributed by atoms with E-state index in [-0.39, 0.29) is 17.7 Å². The summed E-state index contributed by atoms with van der Waals surface area (Å²) < 4.78 is 5.40. The number of nitrogens with zero attached hydrogens (tertiary/aromatic N) is 4. The second-order valence-corrected chi connectivity index (χ2v) is 9.73. The van der Waals surface area contributed by atoms with E-state index in [9.17, 15) is 14.7 Å². The van der Waals surface area contributed by atoms with Gasteiger partial charge >= 0.3 is 0 Å². The lowest BCUT2D eigenvalue weighted by atomic mass is 9.95. The molecule has 2 bridgehead atoms. The predicted octanol–water partition coefficient (Wildman–Crippen LogP) is 3.26. The van der Waals surface area contributed by atoms with E-state index >= 15 is 0 Å². The number of likely N-dealkylation sites (tertiary alicyclic amines) is 1. The average molecular weight is 498 g/mol. The number of hydrogen-bond donors (Lipinski definition) is 2. The van der Waals surface area contributed by atoms with Crippen LogP contribution in [0.15, 0.2) is 84.1 Å². The number of aliphatic hydroxyl groups excluding tert-OH is 1. The van der Waals surface area contributed by atoms with Crippen molar-refractivity contribution < 1.29 is 19.1 Å². The van der Waals surface area contributed by atoms with Crippen molar-refractivity contribution in [1.82, 2.24) is 24.8 Å². The van der Waals surface area contributed by atoms with E-state index in [1.165, 1.54) is 6.39 Å². The van der Waals surface area contributed by atoms with Crippen LogP contribution in [0.3, 0.4) is 0 Å². The SMILES string of the molecule is O=C([C@H]1C2CC([C@@H](O)C2)N1C(=O)c1cccc(-c2cnco2)c1)N(Cc1ccccc1)Cc1cnc[nH]1. The van der Waals surface area contributed by atoms with E-state index in [0.29, 0.717) is 37.3 Å². The second-order valence-electron chi connectivity index (χ2n) is 9.73. The van der Waals surface area contributed by atoms with Gasteiger partial charge in [-0.2, -0.15) is 0 Å². The molecule has 4 atom stereocenters. The summed E-state index contributed by atoms with van der Waals surface area (Å²) in [5.41, 5.74) is 2.97. The standard InChI is InChI=1S/C28H27N5O4/c34-24-11-21-10-23(24)33(27(35)20-8-4-7-19(9-20)25-13-30-17-37-25)26(21)28(36)32(15-22-12-29-16-31-22)14-18-5-2-1-3-6-18/h1-9,12-13,16-17,21,23-24,26,34H,10-11,14-15H2,(H,29,31)/t21?,23?,24-,26+/m0/s1. The Labute approximate surface area is 213 Å². The molecule has 0 spiro atoms. The maximum Gasteiger partial charge on any atom is 0.254 e. The van der Waals surface area contributed by atoms with Crippen LogP contribution in [0.5, 0.6) is 0 Å². The summed E-state index contributed by atoms with van der Waals surface area (Å²) in [6.07, 6.45) is 6.69. The summed E-state index contributed by atoms with van der Waals surface area (Å²) in [5.74, 6) is 0.0533. The zero-order chi connectivity index (χ0) is 25.4. The number of fused-ring (bicyclic) bond motifs is 2. The highest BCUT2D eigenvalue weighted by Gasteiger charge is 2.56. The molecule has 2 aromatic carbocycles. The molecule has 2 fully saturated rings. The number of nitrogens with one attached hydrogen (secondary N) is 1. The molecule has 1 aliphatic heterocycles. The number of carbonyl (C=O) groups excluding carboxylic acids is 2. The van der Waals surface area contributed by atoms with Crippen LogP contribution < -0.4 is 0 Å². The molecule has 2 aromatic heterocycles. The van der Waals surface area contributed by atoms with Crippen molar-refractivity contribution in [3.8, 4) is 11.3 Å². The summed E-state index contributed by atoms with van der Waals surface area (Å²) in [7, 11) is 0. The second kappa shape index (κ2) is 9.67. The number of carbonyl (C=O) groups is 2. The highest BCUT2D eigenvalue weighted by Crippen LogP contribution is 2.44. The van der Waals surface area contributed by atoms with Gasteiger partial charge in [0.2, 0.25) is 5.91 Å². The van der Waals surface area contributed by atoms with Gasteiger partial charge in [0.15, 0.2) is 12.2 Å². The number of imidazole rings is 1. The lowest BCUT2D eigenvalue weighted by molar-refractivity contribution is -0.140. The Morgan fingerprint density at radius 1 is 1.05 bits per heavy atom. The van der Waals surface area contributed by atoms with Gasteiger partial charge < -0.3 is 24.3 Å². The van der Waals surface area contributed by atoms with Crippen molar-refractivity contribution in [2.45, 2.75) is 44.1 Å². The van der Waals surface area contributed by atoms with Gasteiger partial charge in [-0.05, 0) is 36.5 Å². The molecule has 1 saturated carbocycles. The van der Waals surface area contributed by atoms with E-state index in [1.807, 2.05) is 36.4 Å². The molecular formula is C28H27N5O4. The molecule has 0 radical (unpaired) electrons. The fraction of sp³-hybridized carbons (Fsp3) is 0.286. The van der Waals surface area contributed by atoms with Gasteiger partial charge in [0, 0.05) is 23.9 Å². The van der Waals surface area contributed by atoms with E-state index in [0.717, 1.165) is 16.8 Å². The van der Waals surface area contributed by atoms with Gasteiger partial charge in [-0.1, -0.05) is 42.5 Å². The molecular weight excluding hydrogens is 470 g/mol. The van der Waals surface area contributed by atoms with Gasteiger partial charge in [0.1, 0.15) is 6.04 Å². The third-order valence-corrected chi connectivity index (χ3v) is 7.39. The quantitative estimate of drug-likeness (QED) is 0.405. The smallest absolute Gasteiger partial charge is 0.254 e. The highest BCUT2D eigenvalue weighted by molar-refractivity contribution is 5.99. The van der Waals surface area contributed by atoms with Gasteiger partial charge in [-0.15, -0.1) is 0 Å². The largest absolute Gasteiger partial charge is 0.444 e. The zero-order valence-corrected chi connectivity index (χ0v) is 20.1. The third-order valence-electron chi connectivity index (χ3n) is 7.39. The summed E-state index contributed by atoms with van der Waals surface area (Å²) in [4.78, 5) is 42.6. The lowest BCUT2D eigenvalue weighted by Crippen LogP contribution is -2.56. The molecule has 1 saturated heterocycles. The number of rotatable bonds is 7. The van der Waals surface area contributed by atoms with Crippen LogP contribution in [-0.2, 0) is 17.9 Å². The number of aromatic nitrogens is 3. The van der Waals surface area contributed by atoms with Crippen LogP contribution in [0.2, 0.25) is 0 Å². The molecule has 2 N–H and O–H groups in total. The van der Waals surface area contributed by atoms with Gasteiger partial charge in [0.05, 0.1) is 36.9 Å². The molecule has 6 rings (SSSR count). The van der Waals surface area contributed by atoms with Gasteiger partial charge in [0.25, 0.3) is 5.91 Å². The third kappa shape index (κ3) is 4.42. The molecule has 188 valence electrons. The topological polar surface area (TPSA) is 116 Å². The molecule has 1 aliphatic carbocycles. The van der Waals surface area contributed by atoms with Crippen LogP contribution >= 0.6 is 0 Å². The Bertz CT molecular complexity index is 1370. The number of H-pyrrole nitrogens is 1. The molecule has 2 unspecified atom stereocenters. The van der Waals surface area contributed by atoms with Crippen molar-refractivity contribution in [1.29, 1.82) is 0 Å². The minimum absolute atomic E-state index is 0.103. The monoisotopic (exact) mass is 497 g/mol. The molecule has 37 heavy (non-hydrogen) atoms. The Morgan fingerprint density at radius 2 is 1.92 bits per heavy atom. The first-order chi connectivity index (χ1) is 18.1. The fourth-order valence-corrected chi connectivity index (χ4v) is 5.71. The van der Waals surface area contributed by atoms with E-state index in [2.05, 4.69) is 15.0 Å². The van der Waals surface area contributed by atoms with E-state index in [4.69, 9.17) is 4.42 Å². The zero-order valence-electron chi connectivity index (χ0n) is 20.1. The summed E-state index contributed by atoms with van der Waals surface area (Å²) in [6, 6.07) is 15.8. The fourth-order valence-electron chi connectivity index (χ4n) is 5.71. The summed E-state index contributed by atoms with van der Waals surface area (Å²) in [5, 5.41) is 10.7. The van der Waals surface area contributed by atoms with Crippen molar-refractivity contribution >= 4 is 11.8 Å². The first-order valence-corrected chi connectivity index (χ1v) is 12.4. The summed E-state index contributed by atoms with van der Waals surface area (Å²) >= 11 is 0. The maximum atomic E-state index is 14.2. The van der Waals surface area contributed by atoms with Crippen molar-refractivity contribution in [3.05, 3.63) is 96.5 Å². The molecule has 2 amide bonds. The Hall–Kier alpha value is -4.24. The Morgan fingerprint density at radius 3 is 2.68 bits per heavy atom. The van der Waals surface area contributed by atoms with Crippen molar-refractivity contribution in [3.63, 3.8) is 0 Å². The number of piperidine rings is 1. The Balaban J connectivity index is 1.32. The first kappa shape index (κ1) is 23.2. The minimum Gasteiger partial charge on any atom is -0.444 e. The maximum absolute atomic E-state index is 14.2. The van der Waals surface area contributed by atoms with Gasteiger partial charge in [-0.25, -0.2) is 9.97 Å². The van der Waals surface area contributed by atoms with Crippen LogP contribution in [0, 0.1) is 5.92 Å². The predicted molar refractivity (Wildman–Crippen MR) is 134 cm³/mol. The van der Waals surface area contributed by atoms with Crippen LogP contribution in [0.1, 0.15) is 34.5 Å². The van der Waals surface area contributed by atoms with Crippen LogP contribution in [0.25, 0.3) is 11.3 Å². The number of oxazole rings is 1. The van der Waals surface area contributed by atoms with Crippen LogP contribution in [-0.4, -0.2) is 59.9 Å². The average Bonchev–Trinajstić information content (AvgIpc) is 3.73. The normalized spacial score (nSPS) is 22.4. The number of hydrogen-bond acceptors (Lipinski definition) is 6. The number of benzene rings is 2. The Kier molecular flexibility index (Phi) is 6.05. The van der Waals surface area contributed by atoms with Gasteiger partial charge in [-0.3, -0.25) is 9.59 Å². The number of aromatic amines is 1. The minimum atomic E-state index is -0.651. The molecule has 9 heteroatoms. The lowest BCUT2D eigenvalue weighted by Gasteiger charge is -2.39. The van der Waals surface area contributed by atoms with E-state index in [1.54, 1.807) is 46.7 Å². The van der Waals surface area contributed by atoms with Crippen LogP contribution in [0.4, 0.5) is 0 Å². The van der Waals surface area contributed by atoms with Crippen molar-refractivity contribution in [2.75, 3.05) is 0 Å². The molecule has 9 nitrogen and oxygen atoms in total. The molecule has 3 heterocycles. The first-order valence-electron chi connectivity index (χ1n) is 12.4. The highest BCUT2D eigenvalue weighted by atomic mass is 16.3. The van der Waals surface area contributed by atoms with E-state index < -0.39 is 18.2 Å². The van der Waals surface area contributed by atoms with Crippen molar-refractivity contribution in [2.24, 2.45) is 5.92 Å². The number of aliphatic hydroxyl groups is 1.